The summed E-state index contributed by atoms with van der Waals surface area (Å²) in [5.74, 6) is 0.571. The standard InChI is InChI=1S/C18H30N2O/c1-4-8-17-13-20(12-15(2)14-21-3)18(11-19-17)16-9-6-5-7-10-16/h5-7,9-10,15,17-19H,4,8,11-14H2,1-3H3. The highest BCUT2D eigenvalue weighted by molar-refractivity contribution is 5.20. The van der Waals surface area contributed by atoms with Crippen molar-refractivity contribution >= 4 is 0 Å². The minimum atomic E-state index is 0.485. The van der Waals surface area contributed by atoms with E-state index in [9.17, 15) is 0 Å². The number of nitrogens with one attached hydrogen (secondary N) is 1. The van der Waals surface area contributed by atoms with E-state index in [0.29, 0.717) is 18.0 Å². The summed E-state index contributed by atoms with van der Waals surface area (Å²) in [5, 5.41) is 3.73. The first-order valence-electron chi connectivity index (χ1n) is 8.25. The molecule has 0 bridgehead atoms. The maximum atomic E-state index is 5.32. The van der Waals surface area contributed by atoms with Crippen molar-refractivity contribution in [1.29, 1.82) is 0 Å². The number of methoxy groups -OCH3 is 1. The number of ether oxygens (including phenoxy) is 1. The molecule has 0 saturated carbocycles. The minimum Gasteiger partial charge on any atom is -0.384 e. The van der Waals surface area contributed by atoms with E-state index in [1.54, 1.807) is 7.11 Å². The summed E-state index contributed by atoms with van der Waals surface area (Å²) in [6, 6.07) is 12.0. The largest absolute Gasteiger partial charge is 0.384 e. The van der Waals surface area contributed by atoms with Crippen LogP contribution in [0.5, 0.6) is 0 Å². The second kappa shape index (κ2) is 8.52. The molecule has 1 aromatic carbocycles. The lowest BCUT2D eigenvalue weighted by Crippen LogP contribution is -2.53. The highest BCUT2D eigenvalue weighted by Gasteiger charge is 2.29. The first-order chi connectivity index (χ1) is 10.2. The van der Waals surface area contributed by atoms with Gasteiger partial charge >= 0.3 is 0 Å². The van der Waals surface area contributed by atoms with Crippen LogP contribution in [0.2, 0.25) is 0 Å². The smallest absolute Gasteiger partial charge is 0.0500 e. The number of rotatable bonds is 7. The first kappa shape index (κ1) is 16.5. The van der Waals surface area contributed by atoms with Crippen LogP contribution in [-0.4, -0.2) is 44.3 Å². The van der Waals surface area contributed by atoms with Crippen LogP contribution >= 0.6 is 0 Å². The number of hydrogen-bond acceptors (Lipinski definition) is 3. The van der Waals surface area contributed by atoms with Crippen molar-refractivity contribution in [3.8, 4) is 0 Å². The number of hydrogen-bond donors (Lipinski definition) is 1. The molecule has 3 heteroatoms. The van der Waals surface area contributed by atoms with Crippen LogP contribution in [0.25, 0.3) is 0 Å². The zero-order chi connectivity index (χ0) is 15.1. The predicted molar refractivity (Wildman–Crippen MR) is 88.5 cm³/mol. The monoisotopic (exact) mass is 290 g/mol. The van der Waals surface area contributed by atoms with E-state index in [1.807, 2.05) is 0 Å². The fraction of sp³-hybridized carbons (Fsp3) is 0.667. The molecule has 1 aromatic rings. The molecule has 0 radical (unpaired) electrons. The molecule has 3 atom stereocenters. The molecule has 1 fully saturated rings. The van der Waals surface area contributed by atoms with E-state index in [-0.39, 0.29) is 0 Å². The van der Waals surface area contributed by atoms with Gasteiger partial charge in [-0.05, 0) is 17.9 Å². The average molecular weight is 290 g/mol. The van der Waals surface area contributed by atoms with E-state index in [1.165, 1.54) is 18.4 Å². The minimum absolute atomic E-state index is 0.485. The second-order valence-electron chi connectivity index (χ2n) is 6.33. The Morgan fingerprint density at radius 3 is 2.76 bits per heavy atom. The highest BCUT2D eigenvalue weighted by Crippen LogP contribution is 2.25. The van der Waals surface area contributed by atoms with Gasteiger partial charge in [0.1, 0.15) is 0 Å². The zero-order valence-corrected chi connectivity index (χ0v) is 13.7. The van der Waals surface area contributed by atoms with Gasteiger partial charge < -0.3 is 10.1 Å². The Morgan fingerprint density at radius 1 is 1.33 bits per heavy atom. The molecule has 1 aliphatic heterocycles. The Balaban J connectivity index is 2.06. The van der Waals surface area contributed by atoms with Crippen molar-refractivity contribution in [2.75, 3.05) is 33.4 Å². The Hall–Kier alpha value is -0.900. The van der Waals surface area contributed by atoms with Crippen molar-refractivity contribution < 1.29 is 4.74 Å². The Morgan fingerprint density at radius 2 is 2.10 bits per heavy atom. The van der Waals surface area contributed by atoms with E-state index in [4.69, 9.17) is 4.74 Å². The second-order valence-corrected chi connectivity index (χ2v) is 6.33. The number of benzene rings is 1. The molecule has 3 unspecified atom stereocenters. The average Bonchev–Trinajstić information content (AvgIpc) is 2.49. The molecule has 21 heavy (non-hydrogen) atoms. The molecule has 0 aromatic heterocycles. The Kier molecular flexibility index (Phi) is 6.68. The molecule has 1 aliphatic rings. The highest BCUT2D eigenvalue weighted by atomic mass is 16.5. The third-order valence-electron chi connectivity index (χ3n) is 4.31. The van der Waals surface area contributed by atoms with Crippen molar-refractivity contribution in [3.05, 3.63) is 35.9 Å². The van der Waals surface area contributed by atoms with Crippen molar-refractivity contribution in [3.63, 3.8) is 0 Å². The lowest BCUT2D eigenvalue weighted by Gasteiger charge is -2.42. The maximum absolute atomic E-state index is 5.32. The molecule has 0 aliphatic carbocycles. The summed E-state index contributed by atoms with van der Waals surface area (Å²) in [4.78, 5) is 2.65. The molecule has 1 heterocycles. The van der Waals surface area contributed by atoms with Gasteiger partial charge in [0.05, 0.1) is 0 Å². The maximum Gasteiger partial charge on any atom is 0.0500 e. The SMILES string of the molecule is CCCC1CN(CC(C)COC)C(c2ccccc2)CN1. The lowest BCUT2D eigenvalue weighted by atomic mass is 9.98. The van der Waals surface area contributed by atoms with Crippen LogP contribution in [0.15, 0.2) is 30.3 Å². The van der Waals surface area contributed by atoms with Gasteiger partial charge in [0.25, 0.3) is 0 Å². The summed E-state index contributed by atoms with van der Waals surface area (Å²) >= 11 is 0. The first-order valence-corrected chi connectivity index (χ1v) is 8.25. The van der Waals surface area contributed by atoms with Gasteiger partial charge in [-0.3, -0.25) is 4.90 Å². The van der Waals surface area contributed by atoms with Crippen LogP contribution in [0.4, 0.5) is 0 Å². The van der Waals surface area contributed by atoms with Crippen LogP contribution in [0, 0.1) is 5.92 Å². The molecular formula is C18H30N2O. The summed E-state index contributed by atoms with van der Waals surface area (Å²) in [7, 11) is 1.79. The van der Waals surface area contributed by atoms with E-state index in [2.05, 4.69) is 54.4 Å². The van der Waals surface area contributed by atoms with Crippen LogP contribution < -0.4 is 5.32 Å². The summed E-state index contributed by atoms with van der Waals surface area (Å²) < 4.78 is 5.32. The Labute approximate surface area is 129 Å². The quantitative estimate of drug-likeness (QED) is 0.835. The summed E-state index contributed by atoms with van der Waals surface area (Å²) in [5.41, 5.74) is 1.42. The van der Waals surface area contributed by atoms with Gasteiger partial charge in [-0.25, -0.2) is 0 Å². The number of piperazine rings is 1. The van der Waals surface area contributed by atoms with Gasteiger partial charge in [-0.15, -0.1) is 0 Å². The van der Waals surface area contributed by atoms with E-state index < -0.39 is 0 Å². The van der Waals surface area contributed by atoms with Gasteiger partial charge in [0.2, 0.25) is 0 Å². The van der Waals surface area contributed by atoms with Gasteiger partial charge in [0.15, 0.2) is 0 Å². The normalized spacial score (nSPS) is 24.9. The molecular weight excluding hydrogens is 260 g/mol. The van der Waals surface area contributed by atoms with Crippen LogP contribution in [-0.2, 0) is 4.74 Å². The van der Waals surface area contributed by atoms with Crippen LogP contribution in [0.1, 0.15) is 38.3 Å². The summed E-state index contributed by atoms with van der Waals surface area (Å²) in [6.45, 7) is 8.68. The van der Waals surface area contributed by atoms with E-state index in [0.717, 1.165) is 26.2 Å². The van der Waals surface area contributed by atoms with Crippen molar-refractivity contribution in [1.82, 2.24) is 10.2 Å². The topological polar surface area (TPSA) is 24.5 Å². The molecule has 118 valence electrons. The van der Waals surface area contributed by atoms with Gasteiger partial charge in [0, 0.05) is 45.4 Å². The van der Waals surface area contributed by atoms with Crippen molar-refractivity contribution in [2.45, 2.75) is 38.8 Å². The van der Waals surface area contributed by atoms with Crippen LogP contribution in [0.3, 0.4) is 0 Å². The van der Waals surface area contributed by atoms with Gasteiger partial charge in [-0.1, -0.05) is 50.6 Å². The molecule has 1 N–H and O–H groups in total. The Bertz CT molecular complexity index is 393. The molecule has 0 spiro atoms. The molecule has 3 nitrogen and oxygen atoms in total. The number of nitrogens with zero attached hydrogens (tertiary/aromatic N) is 1. The molecule has 2 rings (SSSR count). The molecule has 0 amide bonds. The fourth-order valence-corrected chi connectivity index (χ4v) is 3.37. The lowest BCUT2D eigenvalue weighted by molar-refractivity contribution is 0.0790. The third kappa shape index (κ3) is 4.80. The predicted octanol–water partition coefficient (Wildman–Crippen LogP) is 3.08. The third-order valence-corrected chi connectivity index (χ3v) is 4.31. The van der Waals surface area contributed by atoms with E-state index >= 15 is 0 Å². The fourth-order valence-electron chi connectivity index (χ4n) is 3.37. The zero-order valence-electron chi connectivity index (χ0n) is 13.7. The summed E-state index contributed by atoms with van der Waals surface area (Å²) in [6.07, 6.45) is 2.51. The van der Waals surface area contributed by atoms with Gasteiger partial charge in [-0.2, -0.15) is 0 Å². The van der Waals surface area contributed by atoms with Crippen molar-refractivity contribution in [2.24, 2.45) is 5.92 Å². The molecule has 1 saturated heterocycles.